The normalized spacial score (nSPS) is 29.8. The van der Waals surface area contributed by atoms with Crippen molar-refractivity contribution in [2.24, 2.45) is 11.8 Å². The number of methoxy groups -OCH3 is 1. The number of cyclic esters (lactones) is 1. The molecular weight excluding hydrogens is 230 g/mol. The van der Waals surface area contributed by atoms with E-state index in [2.05, 4.69) is 0 Å². The van der Waals surface area contributed by atoms with Crippen LogP contribution >= 0.6 is 0 Å². The molecular formula is C12H10F2O3. The van der Waals surface area contributed by atoms with E-state index in [4.69, 9.17) is 9.47 Å². The molecule has 1 aliphatic heterocycles. The summed E-state index contributed by atoms with van der Waals surface area (Å²) in [6.07, 6.45) is 0. The molecule has 0 N–H and O–H groups in total. The minimum Gasteiger partial charge on any atom is -0.493 e. The van der Waals surface area contributed by atoms with Crippen molar-refractivity contribution in [2.45, 2.75) is 5.92 Å². The first kappa shape index (κ1) is 10.5. The fourth-order valence-corrected chi connectivity index (χ4v) is 2.64. The van der Waals surface area contributed by atoms with E-state index in [9.17, 15) is 13.6 Å². The summed E-state index contributed by atoms with van der Waals surface area (Å²) in [7, 11) is 1.29. The second kappa shape index (κ2) is 3.42. The zero-order valence-electron chi connectivity index (χ0n) is 9.07. The first-order valence-corrected chi connectivity index (χ1v) is 5.33. The number of ether oxygens (including phenoxy) is 2. The fourth-order valence-electron chi connectivity index (χ4n) is 2.64. The van der Waals surface area contributed by atoms with Crippen molar-refractivity contribution < 1.29 is 23.0 Å². The second-order valence-corrected chi connectivity index (χ2v) is 4.32. The van der Waals surface area contributed by atoms with E-state index in [1.807, 2.05) is 0 Å². The van der Waals surface area contributed by atoms with E-state index in [1.165, 1.54) is 7.11 Å². The monoisotopic (exact) mass is 240 g/mol. The van der Waals surface area contributed by atoms with Gasteiger partial charge in [0.1, 0.15) is 5.82 Å². The summed E-state index contributed by atoms with van der Waals surface area (Å²) in [5, 5.41) is 0. The number of fused-ring (bicyclic) bond motifs is 1. The molecule has 0 aromatic heterocycles. The molecule has 0 bridgehead atoms. The number of carbonyl (C=O) groups is 1. The molecule has 90 valence electrons. The molecule has 0 spiro atoms. The first-order valence-electron chi connectivity index (χ1n) is 5.33. The van der Waals surface area contributed by atoms with Crippen LogP contribution in [0, 0.1) is 23.5 Å². The predicted molar refractivity (Wildman–Crippen MR) is 53.6 cm³/mol. The van der Waals surface area contributed by atoms with Crippen molar-refractivity contribution in [3.63, 3.8) is 0 Å². The number of carbonyl (C=O) groups excluding carboxylic acids is 1. The third kappa shape index (κ3) is 1.34. The third-order valence-electron chi connectivity index (χ3n) is 3.49. The molecule has 0 radical (unpaired) electrons. The van der Waals surface area contributed by atoms with E-state index < -0.39 is 11.6 Å². The van der Waals surface area contributed by atoms with Crippen molar-refractivity contribution in [2.75, 3.05) is 13.7 Å². The molecule has 1 unspecified atom stereocenters. The van der Waals surface area contributed by atoms with Crippen LogP contribution in [0.1, 0.15) is 11.5 Å². The maximum Gasteiger partial charge on any atom is 0.310 e. The lowest BCUT2D eigenvalue weighted by Crippen LogP contribution is -2.07. The number of benzene rings is 1. The minimum absolute atomic E-state index is 0.0345. The summed E-state index contributed by atoms with van der Waals surface area (Å²) < 4.78 is 36.9. The molecule has 1 aliphatic carbocycles. The van der Waals surface area contributed by atoms with Gasteiger partial charge in [-0.25, -0.2) is 8.78 Å². The zero-order chi connectivity index (χ0) is 12.2. The van der Waals surface area contributed by atoms with Gasteiger partial charge >= 0.3 is 5.97 Å². The van der Waals surface area contributed by atoms with Gasteiger partial charge in [0.2, 0.25) is 0 Å². The number of hydrogen-bond donors (Lipinski definition) is 0. The van der Waals surface area contributed by atoms with Gasteiger partial charge in [-0.15, -0.1) is 0 Å². The van der Waals surface area contributed by atoms with Crippen LogP contribution in [0.15, 0.2) is 12.1 Å². The highest BCUT2D eigenvalue weighted by Gasteiger charge is 2.62. The highest BCUT2D eigenvalue weighted by molar-refractivity contribution is 5.81. The number of rotatable bonds is 2. The summed E-state index contributed by atoms with van der Waals surface area (Å²) in [6, 6.07) is 2.08. The molecule has 3 rings (SSSR count). The molecule has 1 heterocycles. The average Bonchev–Trinajstić information content (AvgIpc) is 2.90. The van der Waals surface area contributed by atoms with Crippen molar-refractivity contribution in [1.82, 2.24) is 0 Å². The first-order chi connectivity index (χ1) is 8.15. The number of esters is 1. The van der Waals surface area contributed by atoms with Gasteiger partial charge in [-0.3, -0.25) is 4.79 Å². The predicted octanol–water partition coefficient (Wildman–Crippen LogP) is 1.86. The molecule has 3 atom stereocenters. The van der Waals surface area contributed by atoms with Crippen LogP contribution in [0.25, 0.3) is 0 Å². The molecule has 2 fully saturated rings. The van der Waals surface area contributed by atoms with Gasteiger partial charge in [-0.05, 0) is 12.1 Å². The smallest absolute Gasteiger partial charge is 0.310 e. The Labute approximate surface area is 96.3 Å². The molecule has 17 heavy (non-hydrogen) atoms. The molecule has 1 saturated carbocycles. The summed E-state index contributed by atoms with van der Waals surface area (Å²) >= 11 is 0. The van der Waals surface area contributed by atoms with E-state index in [1.54, 1.807) is 0 Å². The second-order valence-electron chi connectivity index (χ2n) is 4.32. The van der Waals surface area contributed by atoms with Crippen LogP contribution in [0.2, 0.25) is 0 Å². The number of halogens is 2. The molecule has 1 aromatic rings. The van der Waals surface area contributed by atoms with Gasteiger partial charge in [0, 0.05) is 17.4 Å². The van der Waals surface area contributed by atoms with Gasteiger partial charge in [0.05, 0.1) is 19.6 Å². The summed E-state index contributed by atoms with van der Waals surface area (Å²) in [5.41, 5.74) is 0.166. The lowest BCUT2D eigenvalue weighted by atomic mass is 10.1. The Balaban J connectivity index is 2.04. The van der Waals surface area contributed by atoms with Crippen LogP contribution < -0.4 is 4.74 Å². The quantitative estimate of drug-likeness (QED) is 0.740. The van der Waals surface area contributed by atoms with Gasteiger partial charge < -0.3 is 9.47 Å². The van der Waals surface area contributed by atoms with Crippen molar-refractivity contribution in [3.05, 3.63) is 29.3 Å². The SMILES string of the molecule is COc1c(F)ccc(F)c1C1[C@H]2COC(=O)[C@@H]12. The Hall–Kier alpha value is -1.65. The Morgan fingerprint density at radius 2 is 2.00 bits per heavy atom. The lowest BCUT2D eigenvalue weighted by Gasteiger charge is -2.11. The van der Waals surface area contributed by atoms with Gasteiger partial charge in [-0.2, -0.15) is 0 Å². The van der Waals surface area contributed by atoms with Crippen LogP contribution in [-0.4, -0.2) is 19.7 Å². The Morgan fingerprint density at radius 3 is 2.59 bits per heavy atom. The Morgan fingerprint density at radius 1 is 1.29 bits per heavy atom. The minimum atomic E-state index is -0.609. The van der Waals surface area contributed by atoms with E-state index in [-0.39, 0.29) is 41.6 Å². The molecule has 5 heteroatoms. The van der Waals surface area contributed by atoms with Crippen molar-refractivity contribution in [1.29, 1.82) is 0 Å². The highest BCUT2D eigenvalue weighted by Crippen LogP contribution is 2.60. The molecule has 3 nitrogen and oxygen atoms in total. The van der Waals surface area contributed by atoms with E-state index >= 15 is 0 Å². The fraction of sp³-hybridized carbons (Fsp3) is 0.417. The third-order valence-corrected chi connectivity index (χ3v) is 3.49. The summed E-state index contributed by atoms with van der Waals surface area (Å²) in [4.78, 5) is 11.3. The van der Waals surface area contributed by atoms with Crippen LogP contribution in [0.3, 0.4) is 0 Å². The Kier molecular flexibility index (Phi) is 2.11. The summed E-state index contributed by atoms with van der Waals surface area (Å²) in [6.45, 7) is 0.285. The van der Waals surface area contributed by atoms with E-state index in [0.29, 0.717) is 0 Å². The van der Waals surface area contributed by atoms with Crippen molar-refractivity contribution >= 4 is 5.97 Å². The molecule has 2 aliphatic rings. The van der Waals surface area contributed by atoms with E-state index in [0.717, 1.165) is 12.1 Å². The highest BCUT2D eigenvalue weighted by atomic mass is 19.1. The van der Waals surface area contributed by atoms with Crippen LogP contribution in [-0.2, 0) is 9.53 Å². The average molecular weight is 240 g/mol. The molecule has 1 aromatic carbocycles. The maximum absolute atomic E-state index is 13.7. The van der Waals surface area contributed by atoms with Gasteiger partial charge in [-0.1, -0.05) is 0 Å². The van der Waals surface area contributed by atoms with Crippen molar-refractivity contribution in [3.8, 4) is 5.75 Å². The van der Waals surface area contributed by atoms with Gasteiger partial charge in [0.25, 0.3) is 0 Å². The largest absolute Gasteiger partial charge is 0.493 e. The van der Waals surface area contributed by atoms with Crippen LogP contribution in [0.4, 0.5) is 8.78 Å². The summed E-state index contributed by atoms with van der Waals surface area (Å²) in [5.74, 6) is -2.24. The lowest BCUT2D eigenvalue weighted by molar-refractivity contribution is -0.141. The van der Waals surface area contributed by atoms with Gasteiger partial charge in [0.15, 0.2) is 11.6 Å². The van der Waals surface area contributed by atoms with Crippen LogP contribution in [0.5, 0.6) is 5.75 Å². The molecule has 1 saturated heterocycles. The molecule has 0 amide bonds. The zero-order valence-corrected chi connectivity index (χ0v) is 9.07. The maximum atomic E-state index is 13.7. The Bertz CT molecular complexity index is 501. The topological polar surface area (TPSA) is 35.5 Å². The standard InChI is InChI=1S/C12H10F2O3/c1-16-11-7(14)3-2-6(13)10(11)8-5-4-17-12(15)9(5)8/h2-3,5,8-9H,4H2,1H3/t5-,8?,9-/m1/s1. The number of hydrogen-bond acceptors (Lipinski definition) is 3.